The standard InChI is InChI=1S/C10H7ClN2O/c11-8-4-5-9(12-7-8)13-6-2-1-3-10(13)14/h1-7H. The van der Waals surface area contributed by atoms with Gasteiger partial charge in [0, 0.05) is 18.5 Å². The van der Waals surface area contributed by atoms with E-state index in [-0.39, 0.29) is 5.56 Å². The van der Waals surface area contributed by atoms with Crippen LogP contribution in [0.3, 0.4) is 0 Å². The molecule has 0 radical (unpaired) electrons. The minimum absolute atomic E-state index is 0.109. The zero-order chi connectivity index (χ0) is 9.97. The van der Waals surface area contributed by atoms with Crippen LogP contribution in [0.1, 0.15) is 0 Å². The summed E-state index contributed by atoms with van der Waals surface area (Å²) in [4.78, 5) is 15.4. The minimum Gasteiger partial charge on any atom is -0.269 e. The number of rotatable bonds is 1. The van der Waals surface area contributed by atoms with Gasteiger partial charge in [-0.2, -0.15) is 0 Å². The van der Waals surface area contributed by atoms with Crippen molar-refractivity contribution in [3.05, 3.63) is 58.1 Å². The molecule has 0 aliphatic rings. The van der Waals surface area contributed by atoms with Crippen LogP contribution in [0, 0.1) is 0 Å². The molecule has 14 heavy (non-hydrogen) atoms. The lowest BCUT2D eigenvalue weighted by Gasteiger charge is -2.02. The predicted octanol–water partition coefficient (Wildman–Crippen LogP) is 1.89. The summed E-state index contributed by atoms with van der Waals surface area (Å²) in [5.41, 5.74) is -0.109. The van der Waals surface area contributed by atoms with Crippen molar-refractivity contribution in [2.45, 2.75) is 0 Å². The lowest BCUT2D eigenvalue weighted by Crippen LogP contribution is -2.16. The van der Waals surface area contributed by atoms with Gasteiger partial charge in [0.05, 0.1) is 5.02 Å². The second-order valence-corrected chi connectivity index (χ2v) is 3.18. The van der Waals surface area contributed by atoms with Gasteiger partial charge in [-0.25, -0.2) is 4.98 Å². The Labute approximate surface area is 85.6 Å². The number of halogens is 1. The monoisotopic (exact) mass is 206 g/mol. The van der Waals surface area contributed by atoms with E-state index in [0.29, 0.717) is 10.8 Å². The van der Waals surface area contributed by atoms with E-state index in [1.54, 1.807) is 30.5 Å². The number of hydrogen-bond acceptors (Lipinski definition) is 2. The quantitative estimate of drug-likeness (QED) is 0.714. The lowest BCUT2D eigenvalue weighted by atomic mass is 10.4. The molecule has 0 fully saturated rings. The molecule has 0 N–H and O–H groups in total. The van der Waals surface area contributed by atoms with Gasteiger partial charge in [0.25, 0.3) is 5.56 Å². The highest BCUT2D eigenvalue weighted by Crippen LogP contribution is 2.07. The van der Waals surface area contributed by atoms with E-state index in [2.05, 4.69) is 4.98 Å². The molecule has 0 unspecified atom stereocenters. The van der Waals surface area contributed by atoms with Crippen LogP contribution in [0.25, 0.3) is 5.82 Å². The molecule has 2 heterocycles. The molecule has 0 bridgehead atoms. The van der Waals surface area contributed by atoms with Crippen LogP contribution in [0.15, 0.2) is 47.5 Å². The topological polar surface area (TPSA) is 34.9 Å². The van der Waals surface area contributed by atoms with Crippen LogP contribution >= 0.6 is 11.6 Å². The molecule has 2 aromatic heterocycles. The van der Waals surface area contributed by atoms with E-state index in [9.17, 15) is 4.79 Å². The fourth-order valence-corrected chi connectivity index (χ4v) is 1.24. The first-order valence-corrected chi connectivity index (χ1v) is 4.45. The smallest absolute Gasteiger partial charge is 0.256 e. The summed E-state index contributed by atoms with van der Waals surface area (Å²) >= 11 is 5.69. The normalized spacial score (nSPS) is 10.1. The third-order valence-corrected chi connectivity index (χ3v) is 2.00. The third kappa shape index (κ3) is 1.67. The molecule has 0 atom stereocenters. The summed E-state index contributed by atoms with van der Waals surface area (Å²) in [5.74, 6) is 0.569. The molecule has 2 aromatic rings. The molecule has 0 aliphatic heterocycles. The average Bonchev–Trinajstić information content (AvgIpc) is 2.20. The Morgan fingerprint density at radius 1 is 1.21 bits per heavy atom. The molecule has 0 amide bonds. The van der Waals surface area contributed by atoms with Crippen molar-refractivity contribution in [2.24, 2.45) is 0 Å². The highest BCUT2D eigenvalue weighted by Gasteiger charge is 1.98. The minimum atomic E-state index is -0.109. The number of hydrogen-bond donors (Lipinski definition) is 0. The van der Waals surface area contributed by atoms with Gasteiger partial charge in [0.15, 0.2) is 0 Å². The Hall–Kier alpha value is -1.61. The molecule has 0 spiro atoms. The average molecular weight is 207 g/mol. The van der Waals surface area contributed by atoms with E-state index < -0.39 is 0 Å². The van der Waals surface area contributed by atoms with Crippen LogP contribution in [-0.4, -0.2) is 9.55 Å². The molecule has 0 aliphatic carbocycles. The summed E-state index contributed by atoms with van der Waals surface area (Å²) < 4.78 is 1.45. The molecule has 4 heteroatoms. The number of pyridine rings is 2. The van der Waals surface area contributed by atoms with Crippen molar-refractivity contribution in [3.8, 4) is 5.82 Å². The van der Waals surface area contributed by atoms with E-state index in [1.165, 1.54) is 16.8 Å². The Kier molecular flexibility index (Phi) is 2.33. The predicted molar refractivity (Wildman–Crippen MR) is 54.8 cm³/mol. The summed E-state index contributed by atoms with van der Waals surface area (Å²) in [6.45, 7) is 0. The van der Waals surface area contributed by atoms with Crippen LogP contribution in [0.5, 0.6) is 0 Å². The maximum absolute atomic E-state index is 11.4. The fourth-order valence-electron chi connectivity index (χ4n) is 1.13. The molecule has 70 valence electrons. The lowest BCUT2D eigenvalue weighted by molar-refractivity contribution is 0.941. The van der Waals surface area contributed by atoms with E-state index in [1.807, 2.05) is 0 Å². The first-order valence-electron chi connectivity index (χ1n) is 4.07. The zero-order valence-electron chi connectivity index (χ0n) is 7.22. The summed E-state index contributed by atoms with van der Waals surface area (Å²) in [5, 5.41) is 0.553. The van der Waals surface area contributed by atoms with E-state index in [0.717, 1.165) is 0 Å². The molecular weight excluding hydrogens is 200 g/mol. The van der Waals surface area contributed by atoms with E-state index >= 15 is 0 Å². The second-order valence-electron chi connectivity index (χ2n) is 2.74. The Morgan fingerprint density at radius 2 is 2.07 bits per heavy atom. The highest BCUT2D eigenvalue weighted by atomic mass is 35.5. The third-order valence-electron chi connectivity index (χ3n) is 1.78. The van der Waals surface area contributed by atoms with Gasteiger partial charge >= 0.3 is 0 Å². The van der Waals surface area contributed by atoms with Crippen molar-refractivity contribution in [1.29, 1.82) is 0 Å². The highest BCUT2D eigenvalue weighted by molar-refractivity contribution is 6.30. The van der Waals surface area contributed by atoms with Gasteiger partial charge in [-0.1, -0.05) is 17.7 Å². The van der Waals surface area contributed by atoms with Crippen molar-refractivity contribution in [3.63, 3.8) is 0 Å². The van der Waals surface area contributed by atoms with Crippen LogP contribution in [0.4, 0.5) is 0 Å². The molecule has 3 nitrogen and oxygen atoms in total. The van der Waals surface area contributed by atoms with Gasteiger partial charge in [-0.15, -0.1) is 0 Å². The molecular formula is C10H7ClN2O. The number of nitrogens with zero attached hydrogens (tertiary/aromatic N) is 2. The Morgan fingerprint density at radius 3 is 2.71 bits per heavy atom. The Balaban J connectivity index is 2.56. The van der Waals surface area contributed by atoms with Crippen molar-refractivity contribution in [1.82, 2.24) is 9.55 Å². The zero-order valence-corrected chi connectivity index (χ0v) is 7.98. The molecule has 0 saturated carbocycles. The van der Waals surface area contributed by atoms with Crippen molar-refractivity contribution >= 4 is 11.6 Å². The molecule has 0 saturated heterocycles. The van der Waals surface area contributed by atoms with Gasteiger partial charge in [-0.05, 0) is 18.2 Å². The Bertz CT molecular complexity index is 490. The number of aromatic nitrogens is 2. The van der Waals surface area contributed by atoms with Crippen LogP contribution < -0.4 is 5.56 Å². The van der Waals surface area contributed by atoms with Crippen LogP contribution in [-0.2, 0) is 0 Å². The van der Waals surface area contributed by atoms with Crippen molar-refractivity contribution in [2.75, 3.05) is 0 Å². The van der Waals surface area contributed by atoms with Gasteiger partial charge in [0.1, 0.15) is 5.82 Å². The first kappa shape index (κ1) is 8.97. The fraction of sp³-hybridized carbons (Fsp3) is 0. The van der Waals surface area contributed by atoms with Crippen molar-refractivity contribution < 1.29 is 0 Å². The first-order chi connectivity index (χ1) is 6.77. The molecule has 0 aromatic carbocycles. The maximum Gasteiger partial charge on any atom is 0.256 e. The summed E-state index contributed by atoms with van der Waals surface area (Å²) in [7, 11) is 0. The van der Waals surface area contributed by atoms with E-state index in [4.69, 9.17) is 11.6 Å². The summed E-state index contributed by atoms with van der Waals surface area (Å²) in [6.07, 6.45) is 3.18. The van der Waals surface area contributed by atoms with Gasteiger partial charge in [-0.3, -0.25) is 9.36 Å². The SMILES string of the molecule is O=c1ccccn1-c1ccc(Cl)cn1. The maximum atomic E-state index is 11.4. The summed E-state index contributed by atoms with van der Waals surface area (Å²) in [6, 6.07) is 8.34. The van der Waals surface area contributed by atoms with Gasteiger partial charge < -0.3 is 0 Å². The van der Waals surface area contributed by atoms with Gasteiger partial charge in [0.2, 0.25) is 0 Å². The molecule has 2 rings (SSSR count). The van der Waals surface area contributed by atoms with Crippen LogP contribution in [0.2, 0.25) is 5.02 Å². The largest absolute Gasteiger partial charge is 0.269 e. The second kappa shape index (κ2) is 3.64.